The first kappa shape index (κ1) is 32.4. The van der Waals surface area contributed by atoms with Crippen LogP contribution in [0.15, 0.2) is 200 Å². The van der Waals surface area contributed by atoms with Crippen molar-refractivity contribution in [3.63, 3.8) is 0 Å². The Bertz CT molecular complexity index is 2500. The maximum absolute atomic E-state index is 4.75. The summed E-state index contributed by atoms with van der Waals surface area (Å²) < 4.78 is 0. The first-order chi connectivity index (χ1) is 25.7. The Morgan fingerprint density at radius 1 is 0.538 bits per heavy atom. The van der Waals surface area contributed by atoms with E-state index in [9.17, 15) is 0 Å². The van der Waals surface area contributed by atoms with E-state index < -0.39 is 0 Å². The molecule has 7 aromatic carbocycles. The van der Waals surface area contributed by atoms with Gasteiger partial charge in [-0.05, 0) is 74.1 Å². The zero-order chi connectivity index (χ0) is 35.4. The van der Waals surface area contributed by atoms with E-state index in [1.807, 2.05) is 18.2 Å². The van der Waals surface area contributed by atoms with Crippen LogP contribution in [0.1, 0.15) is 22.3 Å². The molecule has 2 nitrogen and oxygen atoms in total. The van der Waals surface area contributed by atoms with Crippen LogP contribution in [-0.4, -0.2) is 6.72 Å². The fourth-order valence-electron chi connectivity index (χ4n) is 7.49. The van der Waals surface area contributed by atoms with E-state index in [1.54, 1.807) is 6.08 Å². The largest absolute Gasteiger partial charge is 0.334 e. The number of benzene rings is 7. The molecule has 1 heterocycles. The van der Waals surface area contributed by atoms with Crippen molar-refractivity contribution in [1.29, 1.82) is 0 Å². The predicted molar refractivity (Wildman–Crippen MR) is 224 cm³/mol. The highest BCUT2D eigenvalue weighted by Crippen LogP contribution is 2.49. The second kappa shape index (κ2) is 14.2. The number of anilines is 1. The molecule has 8 rings (SSSR count). The van der Waals surface area contributed by atoms with Gasteiger partial charge in [-0.3, -0.25) is 4.99 Å². The zero-order valence-electron chi connectivity index (χ0n) is 29.0. The maximum Gasteiger partial charge on any atom is 0.0937 e. The average molecular weight is 667 g/mol. The van der Waals surface area contributed by atoms with Crippen LogP contribution in [0.2, 0.25) is 0 Å². The third-order valence-electron chi connectivity index (χ3n) is 9.95. The van der Waals surface area contributed by atoms with Crippen LogP contribution in [0.4, 0.5) is 5.69 Å². The molecule has 0 bridgehead atoms. The Kier molecular flexibility index (Phi) is 8.87. The number of nitrogens with zero attached hydrogens (tertiary/aromatic N) is 2. The summed E-state index contributed by atoms with van der Waals surface area (Å²) in [7, 11) is 0. The van der Waals surface area contributed by atoms with Crippen molar-refractivity contribution in [3.8, 4) is 33.4 Å². The lowest BCUT2D eigenvalue weighted by atomic mass is 9.84. The van der Waals surface area contributed by atoms with E-state index in [4.69, 9.17) is 4.99 Å². The van der Waals surface area contributed by atoms with Gasteiger partial charge in [0.15, 0.2) is 0 Å². The summed E-state index contributed by atoms with van der Waals surface area (Å²) in [6.45, 7) is 12.7. The van der Waals surface area contributed by atoms with Crippen LogP contribution in [0.5, 0.6) is 0 Å². The second-order valence-electron chi connectivity index (χ2n) is 12.9. The summed E-state index contributed by atoms with van der Waals surface area (Å²) in [5, 5.41) is 2.49. The summed E-state index contributed by atoms with van der Waals surface area (Å²) in [4.78, 5) is 7.21. The summed E-state index contributed by atoms with van der Waals surface area (Å²) in [6, 6.07) is 58.5. The molecule has 1 aliphatic rings. The van der Waals surface area contributed by atoms with Crippen molar-refractivity contribution < 1.29 is 0 Å². The highest BCUT2D eigenvalue weighted by Gasteiger charge is 2.30. The minimum atomic E-state index is 0.658. The van der Waals surface area contributed by atoms with Gasteiger partial charge in [-0.15, -0.1) is 0 Å². The van der Waals surface area contributed by atoms with E-state index in [2.05, 4.69) is 183 Å². The van der Waals surface area contributed by atoms with Gasteiger partial charge in [0.2, 0.25) is 0 Å². The molecule has 248 valence electrons. The SMILES string of the molecule is C=C/C=C(\C=C)c1ccc(-c2ccc3c(c2)N(/C(=C(\N=C)c2ccccc2)c2ccccc2)Cc2c-3cc(-c3ccccc3)c3ccccc23)cc1. The average Bonchev–Trinajstić information content (AvgIpc) is 3.22. The monoisotopic (exact) mass is 666 g/mol. The smallest absolute Gasteiger partial charge is 0.0937 e. The normalized spacial score (nSPS) is 12.8. The summed E-state index contributed by atoms with van der Waals surface area (Å²) >= 11 is 0. The second-order valence-corrected chi connectivity index (χ2v) is 12.9. The summed E-state index contributed by atoms with van der Waals surface area (Å²) in [5.41, 5.74) is 15.6. The third kappa shape index (κ3) is 5.91. The molecule has 52 heavy (non-hydrogen) atoms. The van der Waals surface area contributed by atoms with Gasteiger partial charge in [0, 0.05) is 23.2 Å². The standard InChI is InChI=1S/C50H38N2/c1-4-17-35(5-2)36-26-28-37(29-27-36)41-30-31-44-46-33-45(38-18-9-6-10-19-38)42-24-15-16-25-43(42)47(46)34-52(48(44)32-41)50(40-22-13-8-14-23-40)49(51-3)39-20-11-7-12-21-39/h4-33H,1-3,34H2/b35-17+,50-49-. The maximum atomic E-state index is 4.75. The van der Waals surface area contributed by atoms with Crippen LogP contribution in [0.3, 0.4) is 0 Å². The van der Waals surface area contributed by atoms with E-state index in [0.29, 0.717) is 6.54 Å². The van der Waals surface area contributed by atoms with Gasteiger partial charge in [0.1, 0.15) is 0 Å². The molecule has 0 aromatic heterocycles. The Hall–Kier alpha value is -6.77. The van der Waals surface area contributed by atoms with Crippen molar-refractivity contribution in [1.82, 2.24) is 0 Å². The van der Waals surface area contributed by atoms with Gasteiger partial charge < -0.3 is 4.90 Å². The highest BCUT2D eigenvalue weighted by molar-refractivity contribution is 6.08. The lowest BCUT2D eigenvalue weighted by Gasteiger charge is -2.37. The lowest BCUT2D eigenvalue weighted by molar-refractivity contribution is 0.977. The Morgan fingerprint density at radius 3 is 1.81 bits per heavy atom. The number of allylic oxidation sites excluding steroid dienone is 4. The number of fused-ring (bicyclic) bond motifs is 5. The molecule has 0 amide bonds. The van der Waals surface area contributed by atoms with Crippen LogP contribution in [-0.2, 0) is 6.54 Å². The molecule has 0 unspecified atom stereocenters. The fraction of sp³-hybridized carbons (Fsp3) is 0.0200. The number of aliphatic imine (C=N–C) groups is 1. The first-order valence-electron chi connectivity index (χ1n) is 17.6. The Morgan fingerprint density at radius 2 is 1.15 bits per heavy atom. The number of rotatable bonds is 9. The van der Waals surface area contributed by atoms with Crippen LogP contribution < -0.4 is 4.90 Å². The molecule has 0 atom stereocenters. The van der Waals surface area contributed by atoms with E-state index in [-0.39, 0.29) is 0 Å². The molecule has 0 fully saturated rings. The van der Waals surface area contributed by atoms with Crippen molar-refractivity contribution in [2.24, 2.45) is 4.99 Å². The Labute approximate surface area is 306 Å². The molecular weight excluding hydrogens is 629 g/mol. The van der Waals surface area contributed by atoms with Crippen molar-refractivity contribution >= 4 is 40.1 Å². The number of hydrogen-bond donors (Lipinski definition) is 0. The summed E-state index contributed by atoms with van der Waals surface area (Å²) in [5.74, 6) is 0. The van der Waals surface area contributed by atoms with Gasteiger partial charge in [-0.1, -0.05) is 183 Å². The fourth-order valence-corrected chi connectivity index (χ4v) is 7.49. The van der Waals surface area contributed by atoms with Gasteiger partial charge >= 0.3 is 0 Å². The molecule has 0 saturated carbocycles. The molecular formula is C50H38N2. The molecule has 1 aliphatic heterocycles. The zero-order valence-corrected chi connectivity index (χ0v) is 29.0. The van der Waals surface area contributed by atoms with Gasteiger partial charge in [0.25, 0.3) is 0 Å². The van der Waals surface area contributed by atoms with Crippen molar-refractivity contribution in [2.45, 2.75) is 6.54 Å². The minimum absolute atomic E-state index is 0.658. The molecule has 0 saturated heterocycles. The molecule has 0 N–H and O–H groups in total. The summed E-state index contributed by atoms with van der Waals surface area (Å²) in [6.07, 6.45) is 5.65. The van der Waals surface area contributed by atoms with Gasteiger partial charge in [-0.25, -0.2) is 0 Å². The minimum Gasteiger partial charge on any atom is -0.334 e. The molecule has 0 aliphatic carbocycles. The first-order valence-corrected chi connectivity index (χ1v) is 17.6. The quantitative estimate of drug-likeness (QED) is 0.0850. The lowest BCUT2D eigenvalue weighted by Crippen LogP contribution is -2.26. The van der Waals surface area contributed by atoms with Crippen LogP contribution in [0.25, 0.3) is 61.1 Å². The van der Waals surface area contributed by atoms with Crippen molar-refractivity contribution in [2.75, 3.05) is 4.90 Å². The third-order valence-corrected chi connectivity index (χ3v) is 9.95. The van der Waals surface area contributed by atoms with Gasteiger partial charge in [-0.2, -0.15) is 0 Å². The molecule has 2 heteroatoms. The van der Waals surface area contributed by atoms with E-state index >= 15 is 0 Å². The van der Waals surface area contributed by atoms with E-state index in [0.717, 1.165) is 50.5 Å². The predicted octanol–water partition coefficient (Wildman–Crippen LogP) is 13.1. The topological polar surface area (TPSA) is 15.6 Å². The molecule has 7 aromatic rings. The van der Waals surface area contributed by atoms with Crippen LogP contribution >= 0.6 is 0 Å². The molecule has 0 spiro atoms. The molecule has 0 radical (unpaired) electrons. The van der Waals surface area contributed by atoms with Crippen molar-refractivity contribution in [3.05, 3.63) is 217 Å². The van der Waals surface area contributed by atoms with Crippen LogP contribution in [0, 0.1) is 0 Å². The highest BCUT2D eigenvalue weighted by atomic mass is 15.2. The number of hydrogen-bond acceptors (Lipinski definition) is 2. The Balaban J connectivity index is 1.41. The van der Waals surface area contributed by atoms with E-state index in [1.165, 1.54) is 38.6 Å². The van der Waals surface area contributed by atoms with Gasteiger partial charge in [0.05, 0.1) is 17.1 Å².